The standard InChI is InChI=1S/C11H9N3O2/c12-11(16)8-1-3-9(4-2-8)14-6-5-13-7-10(14)15/h1-7H,(H2,12,16). The maximum Gasteiger partial charge on any atom is 0.273 e. The van der Waals surface area contributed by atoms with Gasteiger partial charge in [-0.25, -0.2) is 0 Å². The summed E-state index contributed by atoms with van der Waals surface area (Å²) in [6.07, 6.45) is 4.30. The van der Waals surface area contributed by atoms with E-state index in [1.165, 1.54) is 17.0 Å². The van der Waals surface area contributed by atoms with Crippen LogP contribution in [0.1, 0.15) is 10.4 Å². The number of aromatic nitrogens is 2. The highest BCUT2D eigenvalue weighted by molar-refractivity contribution is 5.92. The molecule has 0 aliphatic heterocycles. The third kappa shape index (κ3) is 1.83. The molecule has 2 rings (SSSR count). The van der Waals surface area contributed by atoms with Crippen molar-refractivity contribution in [2.45, 2.75) is 0 Å². The quantitative estimate of drug-likeness (QED) is 0.784. The van der Waals surface area contributed by atoms with E-state index in [1.807, 2.05) is 0 Å². The minimum Gasteiger partial charge on any atom is -0.366 e. The van der Waals surface area contributed by atoms with Gasteiger partial charge in [0.15, 0.2) is 0 Å². The third-order valence-electron chi connectivity index (χ3n) is 2.15. The second-order valence-corrected chi connectivity index (χ2v) is 3.20. The molecule has 16 heavy (non-hydrogen) atoms. The van der Waals surface area contributed by atoms with Crippen LogP contribution < -0.4 is 11.3 Å². The van der Waals surface area contributed by atoms with E-state index in [9.17, 15) is 9.59 Å². The summed E-state index contributed by atoms with van der Waals surface area (Å²) in [6.45, 7) is 0. The van der Waals surface area contributed by atoms with E-state index in [-0.39, 0.29) is 5.56 Å². The fourth-order valence-corrected chi connectivity index (χ4v) is 1.35. The first-order valence-electron chi connectivity index (χ1n) is 4.61. The van der Waals surface area contributed by atoms with Crippen molar-refractivity contribution in [3.63, 3.8) is 0 Å². The number of amides is 1. The summed E-state index contributed by atoms with van der Waals surface area (Å²) in [5.41, 5.74) is 5.96. The average molecular weight is 215 g/mol. The average Bonchev–Trinajstić information content (AvgIpc) is 2.30. The molecule has 0 saturated carbocycles. The van der Waals surface area contributed by atoms with E-state index < -0.39 is 5.91 Å². The van der Waals surface area contributed by atoms with Crippen molar-refractivity contribution in [1.82, 2.24) is 9.55 Å². The molecule has 80 valence electrons. The Morgan fingerprint density at radius 2 is 1.94 bits per heavy atom. The molecule has 1 heterocycles. The molecule has 0 bridgehead atoms. The molecule has 0 aliphatic carbocycles. The Balaban J connectivity index is 2.47. The Morgan fingerprint density at radius 1 is 1.25 bits per heavy atom. The third-order valence-corrected chi connectivity index (χ3v) is 2.15. The Labute approximate surface area is 91.2 Å². The Hall–Kier alpha value is -2.43. The molecule has 0 radical (unpaired) electrons. The number of rotatable bonds is 2. The van der Waals surface area contributed by atoms with Crippen LogP contribution >= 0.6 is 0 Å². The molecule has 0 fully saturated rings. The van der Waals surface area contributed by atoms with Gasteiger partial charge >= 0.3 is 0 Å². The number of hydrogen-bond donors (Lipinski definition) is 1. The molecule has 5 heteroatoms. The largest absolute Gasteiger partial charge is 0.366 e. The predicted octanol–water partition coefficient (Wildman–Crippen LogP) is 0.331. The lowest BCUT2D eigenvalue weighted by molar-refractivity contribution is 0.100. The molecule has 5 nitrogen and oxygen atoms in total. The van der Waals surface area contributed by atoms with E-state index in [1.54, 1.807) is 30.5 Å². The molecule has 0 spiro atoms. The Kier molecular flexibility index (Phi) is 2.51. The zero-order chi connectivity index (χ0) is 11.5. The summed E-state index contributed by atoms with van der Waals surface area (Å²) in [4.78, 5) is 26.0. The minimum atomic E-state index is -0.492. The highest BCUT2D eigenvalue weighted by atomic mass is 16.1. The first kappa shape index (κ1) is 10.1. The summed E-state index contributed by atoms with van der Waals surface area (Å²) in [7, 11) is 0. The lowest BCUT2D eigenvalue weighted by Gasteiger charge is -2.04. The first-order chi connectivity index (χ1) is 7.68. The van der Waals surface area contributed by atoms with Crippen LogP contribution in [0.2, 0.25) is 0 Å². The summed E-state index contributed by atoms with van der Waals surface area (Å²) in [6, 6.07) is 6.46. The molecule has 1 aromatic heterocycles. The topological polar surface area (TPSA) is 78.0 Å². The minimum absolute atomic E-state index is 0.227. The van der Waals surface area contributed by atoms with Gasteiger partial charge in [0.05, 0.1) is 6.20 Å². The highest BCUT2D eigenvalue weighted by Gasteiger charge is 2.01. The normalized spacial score (nSPS) is 10.0. The van der Waals surface area contributed by atoms with Gasteiger partial charge < -0.3 is 5.73 Å². The van der Waals surface area contributed by atoms with Crippen molar-refractivity contribution in [2.75, 3.05) is 0 Å². The van der Waals surface area contributed by atoms with Gasteiger partial charge in [-0.2, -0.15) is 0 Å². The summed E-state index contributed by atoms with van der Waals surface area (Å²) in [5, 5.41) is 0. The molecule has 2 aromatic rings. The zero-order valence-electron chi connectivity index (χ0n) is 8.33. The zero-order valence-corrected chi connectivity index (χ0v) is 8.33. The number of carbonyl (C=O) groups is 1. The smallest absolute Gasteiger partial charge is 0.273 e. The number of nitrogens with zero attached hydrogens (tertiary/aromatic N) is 2. The monoisotopic (exact) mass is 215 g/mol. The van der Waals surface area contributed by atoms with Gasteiger partial charge in [-0.3, -0.25) is 19.1 Å². The number of benzene rings is 1. The lowest BCUT2D eigenvalue weighted by Crippen LogP contribution is -2.17. The molecule has 0 aliphatic rings. The fraction of sp³-hybridized carbons (Fsp3) is 0. The Morgan fingerprint density at radius 3 is 2.50 bits per heavy atom. The van der Waals surface area contributed by atoms with Crippen LogP contribution in [0.5, 0.6) is 0 Å². The molecule has 0 unspecified atom stereocenters. The van der Waals surface area contributed by atoms with Gasteiger partial charge in [-0.1, -0.05) is 0 Å². The highest BCUT2D eigenvalue weighted by Crippen LogP contribution is 2.06. The maximum atomic E-state index is 11.4. The molecular weight excluding hydrogens is 206 g/mol. The molecule has 1 amide bonds. The van der Waals surface area contributed by atoms with Crippen molar-refractivity contribution in [1.29, 1.82) is 0 Å². The van der Waals surface area contributed by atoms with Gasteiger partial charge in [0.2, 0.25) is 5.91 Å². The van der Waals surface area contributed by atoms with Crippen LogP contribution in [0, 0.1) is 0 Å². The lowest BCUT2D eigenvalue weighted by atomic mass is 10.2. The van der Waals surface area contributed by atoms with Crippen molar-refractivity contribution in [2.24, 2.45) is 5.73 Å². The van der Waals surface area contributed by atoms with Gasteiger partial charge in [0.25, 0.3) is 5.56 Å². The summed E-state index contributed by atoms with van der Waals surface area (Å²) in [5.74, 6) is -0.492. The van der Waals surface area contributed by atoms with Gasteiger partial charge in [0.1, 0.15) is 0 Å². The van der Waals surface area contributed by atoms with Crippen LogP contribution in [0.3, 0.4) is 0 Å². The Bertz CT molecular complexity index is 572. The SMILES string of the molecule is NC(=O)c1ccc(-n2ccncc2=O)cc1. The summed E-state index contributed by atoms with van der Waals surface area (Å²) >= 11 is 0. The van der Waals surface area contributed by atoms with E-state index >= 15 is 0 Å². The molecule has 2 N–H and O–H groups in total. The van der Waals surface area contributed by atoms with Crippen LogP contribution in [-0.2, 0) is 0 Å². The van der Waals surface area contributed by atoms with E-state index in [0.29, 0.717) is 11.3 Å². The van der Waals surface area contributed by atoms with E-state index in [2.05, 4.69) is 4.98 Å². The molecular formula is C11H9N3O2. The van der Waals surface area contributed by atoms with Crippen molar-refractivity contribution < 1.29 is 4.79 Å². The van der Waals surface area contributed by atoms with Crippen LogP contribution in [0.25, 0.3) is 5.69 Å². The number of hydrogen-bond acceptors (Lipinski definition) is 3. The second kappa shape index (κ2) is 3.98. The second-order valence-electron chi connectivity index (χ2n) is 3.20. The van der Waals surface area contributed by atoms with Crippen LogP contribution in [0.15, 0.2) is 47.7 Å². The molecule has 1 aromatic carbocycles. The van der Waals surface area contributed by atoms with Crippen LogP contribution in [-0.4, -0.2) is 15.5 Å². The van der Waals surface area contributed by atoms with Gasteiger partial charge in [0, 0.05) is 23.6 Å². The van der Waals surface area contributed by atoms with E-state index in [0.717, 1.165) is 0 Å². The molecule has 0 saturated heterocycles. The van der Waals surface area contributed by atoms with Crippen molar-refractivity contribution in [3.8, 4) is 5.69 Å². The maximum absolute atomic E-state index is 11.4. The van der Waals surface area contributed by atoms with Gasteiger partial charge in [-0.15, -0.1) is 0 Å². The number of primary amides is 1. The fourth-order valence-electron chi connectivity index (χ4n) is 1.35. The van der Waals surface area contributed by atoms with E-state index in [4.69, 9.17) is 5.73 Å². The predicted molar refractivity (Wildman–Crippen MR) is 58.4 cm³/mol. The molecule has 0 atom stereocenters. The van der Waals surface area contributed by atoms with Crippen LogP contribution in [0.4, 0.5) is 0 Å². The van der Waals surface area contributed by atoms with Crippen molar-refractivity contribution >= 4 is 5.91 Å². The number of carbonyl (C=O) groups excluding carboxylic acids is 1. The van der Waals surface area contributed by atoms with Gasteiger partial charge in [-0.05, 0) is 24.3 Å². The number of nitrogens with two attached hydrogens (primary N) is 1. The first-order valence-corrected chi connectivity index (χ1v) is 4.61. The summed E-state index contributed by atoms with van der Waals surface area (Å²) < 4.78 is 1.43. The van der Waals surface area contributed by atoms with Crippen molar-refractivity contribution in [3.05, 3.63) is 58.8 Å².